The number of benzene rings is 3. The highest BCUT2D eigenvalue weighted by molar-refractivity contribution is 7.07. The second-order valence-electron chi connectivity index (χ2n) is 10.6. The lowest BCUT2D eigenvalue weighted by Crippen LogP contribution is -2.38. The number of methoxy groups -OCH3 is 3. The summed E-state index contributed by atoms with van der Waals surface area (Å²) in [6.07, 6.45) is 3.25. The Balaban J connectivity index is 1.38. The van der Waals surface area contributed by atoms with Gasteiger partial charge in [0.15, 0.2) is 16.3 Å². The van der Waals surface area contributed by atoms with E-state index in [1.54, 1.807) is 49.1 Å². The molecular formula is C34H27N3O7S. The number of nitro groups is 1. The lowest BCUT2D eigenvalue weighted by molar-refractivity contribution is -0.384. The molecule has 3 heterocycles. The standard InChI is InChI=1S/C34H27N3O7S/c1-41-21-10-13-24(26(17-21)37(39)40)27-15-11-22(44-27)18-30-33(38)36-32(20-9-14-28(42-2)29(16-20)43-3)25-12-8-19-6-4-5-7-23(19)31(25)35-34(36)45-30/h4-7,9-11,13-18,32H,8,12H2,1-3H3/b30-18-/t32-/m1/s1. The third-order valence-electron chi connectivity index (χ3n) is 8.16. The van der Waals surface area contributed by atoms with Crippen LogP contribution in [-0.4, -0.2) is 30.8 Å². The minimum Gasteiger partial charge on any atom is -0.497 e. The summed E-state index contributed by atoms with van der Waals surface area (Å²) in [7, 11) is 4.63. The van der Waals surface area contributed by atoms with Crippen molar-refractivity contribution in [2.75, 3.05) is 21.3 Å². The molecule has 1 aliphatic heterocycles. The predicted molar refractivity (Wildman–Crippen MR) is 170 cm³/mol. The smallest absolute Gasteiger partial charge is 0.284 e. The van der Waals surface area contributed by atoms with Gasteiger partial charge < -0.3 is 18.6 Å². The van der Waals surface area contributed by atoms with Crippen LogP contribution in [0.2, 0.25) is 0 Å². The van der Waals surface area contributed by atoms with Gasteiger partial charge in [-0.15, -0.1) is 0 Å². The fraction of sp³-hybridized carbons (Fsp3) is 0.176. The number of aryl methyl sites for hydroxylation is 1. The number of ether oxygens (including phenoxy) is 3. The number of nitrogens with zero attached hydrogens (tertiary/aromatic N) is 3. The van der Waals surface area contributed by atoms with E-state index >= 15 is 0 Å². The maximum atomic E-state index is 14.1. The van der Waals surface area contributed by atoms with Gasteiger partial charge in [-0.2, -0.15) is 0 Å². The van der Waals surface area contributed by atoms with E-state index in [1.165, 1.54) is 30.1 Å². The van der Waals surface area contributed by atoms with E-state index in [-0.39, 0.29) is 11.2 Å². The van der Waals surface area contributed by atoms with Crippen molar-refractivity contribution in [3.05, 3.63) is 131 Å². The molecule has 0 saturated heterocycles. The fourth-order valence-corrected chi connectivity index (χ4v) is 7.03. The molecule has 0 radical (unpaired) electrons. The Labute approximate surface area is 260 Å². The van der Waals surface area contributed by atoms with Gasteiger partial charge in [-0.3, -0.25) is 19.5 Å². The number of furan rings is 1. The fourth-order valence-electron chi connectivity index (χ4n) is 6.05. The first-order valence-corrected chi connectivity index (χ1v) is 15.0. The Bertz CT molecular complexity index is 2210. The summed E-state index contributed by atoms with van der Waals surface area (Å²) >= 11 is 1.27. The van der Waals surface area contributed by atoms with Gasteiger partial charge in [0, 0.05) is 11.6 Å². The Kier molecular flexibility index (Phi) is 7.09. The van der Waals surface area contributed by atoms with E-state index in [0.29, 0.717) is 43.7 Å². The Hall–Kier alpha value is -5.42. The van der Waals surface area contributed by atoms with Crippen LogP contribution in [0.1, 0.15) is 34.9 Å². The van der Waals surface area contributed by atoms with Crippen molar-refractivity contribution in [2.24, 2.45) is 4.99 Å². The van der Waals surface area contributed by atoms with Crippen molar-refractivity contribution in [3.63, 3.8) is 0 Å². The zero-order valence-electron chi connectivity index (χ0n) is 24.6. The first-order valence-electron chi connectivity index (χ1n) is 14.2. The van der Waals surface area contributed by atoms with Crippen LogP contribution >= 0.6 is 11.3 Å². The zero-order chi connectivity index (χ0) is 31.2. The van der Waals surface area contributed by atoms with Crippen LogP contribution in [0.25, 0.3) is 23.1 Å². The largest absolute Gasteiger partial charge is 0.497 e. The minimum atomic E-state index is -0.480. The molecule has 2 aromatic heterocycles. The third kappa shape index (κ3) is 4.81. The summed E-state index contributed by atoms with van der Waals surface area (Å²) < 4.78 is 24.4. The van der Waals surface area contributed by atoms with Crippen LogP contribution in [0, 0.1) is 10.1 Å². The molecule has 7 rings (SSSR count). The highest BCUT2D eigenvalue weighted by Crippen LogP contribution is 2.43. The van der Waals surface area contributed by atoms with Crippen molar-refractivity contribution in [3.8, 4) is 28.6 Å². The number of hydrogen-bond donors (Lipinski definition) is 0. The van der Waals surface area contributed by atoms with Gasteiger partial charge in [0.2, 0.25) is 0 Å². The van der Waals surface area contributed by atoms with Crippen molar-refractivity contribution in [2.45, 2.75) is 18.9 Å². The quantitative estimate of drug-likeness (QED) is 0.174. The summed E-state index contributed by atoms with van der Waals surface area (Å²) in [5.74, 6) is 2.23. The maximum Gasteiger partial charge on any atom is 0.284 e. The van der Waals surface area contributed by atoms with Gasteiger partial charge in [0.1, 0.15) is 17.3 Å². The van der Waals surface area contributed by atoms with E-state index in [1.807, 2.05) is 30.3 Å². The molecule has 10 nitrogen and oxygen atoms in total. The normalized spacial score (nSPS) is 15.5. The van der Waals surface area contributed by atoms with Crippen LogP contribution in [0.15, 0.2) is 92.6 Å². The molecule has 2 aliphatic rings. The van der Waals surface area contributed by atoms with E-state index in [2.05, 4.69) is 12.1 Å². The second kappa shape index (κ2) is 11.3. The van der Waals surface area contributed by atoms with Gasteiger partial charge in [0.25, 0.3) is 11.2 Å². The van der Waals surface area contributed by atoms with Crippen LogP contribution in [0.4, 0.5) is 5.69 Å². The summed E-state index contributed by atoms with van der Waals surface area (Å²) in [6.45, 7) is 0. The first kappa shape index (κ1) is 28.4. The molecule has 226 valence electrons. The van der Waals surface area contributed by atoms with E-state index in [0.717, 1.165) is 35.2 Å². The van der Waals surface area contributed by atoms with Gasteiger partial charge in [-0.1, -0.05) is 41.7 Å². The molecule has 0 fully saturated rings. The first-order chi connectivity index (χ1) is 21.9. The summed E-state index contributed by atoms with van der Waals surface area (Å²) in [5.41, 5.74) is 5.08. The van der Waals surface area contributed by atoms with E-state index in [4.69, 9.17) is 23.6 Å². The van der Waals surface area contributed by atoms with Crippen LogP contribution in [-0.2, 0) is 6.42 Å². The van der Waals surface area contributed by atoms with E-state index in [9.17, 15) is 14.9 Å². The number of nitro benzene ring substituents is 1. The Morgan fingerprint density at radius 1 is 0.956 bits per heavy atom. The average Bonchev–Trinajstić information content (AvgIpc) is 3.66. The van der Waals surface area contributed by atoms with Crippen molar-refractivity contribution >= 4 is 28.8 Å². The number of thiazole rings is 1. The molecule has 0 amide bonds. The molecule has 0 bridgehead atoms. The number of fused-ring (bicyclic) bond motifs is 3. The Morgan fingerprint density at radius 2 is 1.78 bits per heavy atom. The highest BCUT2D eigenvalue weighted by atomic mass is 32.1. The topological polar surface area (TPSA) is 118 Å². The van der Waals surface area contributed by atoms with E-state index < -0.39 is 11.0 Å². The third-order valence-corrected chi connectivity index (χ3v) is 9.15. The van der Waals surface area contributed by atoms with Gasteiger partial charge in [0.05, 0.1) is 54.2 Å². The Morgan fingerprint density at radius 3 is 2.56 bits per heavy atom. The molecule has 45 heavy (non-hydrogen) atoms. The molecule has 0 unspecified atom stereocenters. The number of hydrogen-bond acceptors (Lipinski definition) is 9. The lowest BCUT2D eigenvalue weighted by Gasteiger charge is -2.31. The minimum absolute atomic E-state index is 0.143. The zero-order valence-corrected chi connectivity index (χ0v) is 25.4. The predicted octanol–water partition coefficient (Wildman–Crippen LogP) is 5.51. The molecule has 0 saturated carbocycles. The molecule has 0 N–H and O–H groups in total. The molecule has 0 spiro atoms. The molecule has 5 aromatic rings. The lowest BCUT2D eigenvalue weighted by atomic mass is 9.83. The van der Waals surface area contributed by atoms with Crippen LogP contribution < -0.4 is 29.1 Å². The molecular weight excluding hydrogens is 594 g/mol. The summed E-state index contributed by atoms with van der Waals surface area (Å²) in [5, 5.41) is 11.8. The van der Waals surface area contributed by atoms with Crippen LogP contribution in [0.5, 0.6) is 17.2 Å². The summed E-state index contributed by atoms with van der Waals surface area (Å²) in [4.78, 5) is 31.0. The number of aromatic nitrogens is 1. The van der Waals surface area contributed by atoms with Gasteiger partial charge in [-0.25, -0.2) is 4.99 Å². The highest BCUT2D eigenvalue weighted by Gasteiger charge is 2.33. The SMILES string of the molecule is COc1ccc(-c2ccc(/C=c3\sc4n(c3=O)[C@H](c3ccc(OC)c(OC)c3)C3=C(N=4)c4ccccc4CC3)o2)c([N+](=O)[O-])c1. The molecule has 3 aromatic carbocycles. The van der Waals surface area contributed by atoms with Crippen molar-refractivity contribution < 1.29 is 23.6 Å². The van der Waals surface area contributed by atoms with Crippen molar-refractivity contribution in [1.29, 1.82) is 0 Å². The number of rotatable bonds is 7. The van der Waals surface area contributed by atoms with Crippen LogP contribution in [0.3, 0.4) is 0 Å². The maximum absolute atomic E-state index is 14.1. The average molecular weight is 622 g/mol. The number of allylic oxidation sites excluding steroid dienone is 1. The second-order valence-corrected chi connectivity index (χ2v) is 11.6. The summed E-state index contributed by atoms with van der Waals surface area (Å²) in [6, 6.07) is 21.5. The molecule has 1 atom stereocenters. The monoisotopic (exact) mass is 621 g/mol. The van der Waals surface area contributed by atoms with Gasteiger partial charge >= 0.3 is 0 Å². The van der Waals surface area contributed by atoms with Crippen molar-refractivity contribution in [1.82, 2.24) is 4.57 Å². The molecule has 11 heteroatoms. The van der Waals surface area contributed by atoms with Gasteiger partial charge in [-0.05, 0) is 65.9 Å². The molecule has 1 aliphatic carbocycles.